The van der Waals surface area contributed by atoms with Crippen LogP contribution in [-0.2, 0) is 0 Å². The molecule has 2 unspecified atom stereocenters. The molecular formula is C15H22Cl2N2. The average Bonchev–Trinajstić information content (AvgIpc) is 2.76. The lowest BCUT2D eigenvalue weighted by molar-refractivity contribution is 0.227. The van der Waals surface area contributed by atoms with Gasteiger partial charge in [-0.3, -0.25) is 4.90 Å². The molecule has 2 atom stereocenters. The third-order valence-corrected chi connectivity index (χ3v) is 4.46. The number of likely N-dealkylation sites (tertiary alicyclic amines) is 1. The van der Waals surface area contributed by atoms with E-state index in [0.717, 1.165) is 29.7 Å². The first-order chi connectivity index (χ1) is 9.17. The molecule has 1 aromatic rings. The molecule has 1 aromatic carbocycles. The molecule has 2 rings (SSSR count). The molecule has 19 heavy (non-hydrogen) atoms. The molecule has 106 valence electrons. The molecule has 1 saturated heterocycles. The van der Waals surface area contributed by atoms with Gasteiger partial charge in [-0.25, -0.2) is 0 Å². The molecule has 0 bridgehead atoms. The van der Waals surface area contributed by atoms with Gasteiger partial charge in [-0.15, -0.1) is 0 Å². The summed E-state index contributed by atoms with van der Waals surface area (Å²) >= 11 is 12.6. The molecule has 0 aromatic heterocycles. The van der Waals surface area contributed by atoms with Crippen LogP contribution in [0.25, 0.3) is 0 Å². The largest absolute Gasteiger partial charge is 0.319 e. The second kappa shape index (κ2) is 6.94. The Hall–Kier alpha value is -0.280. The van der Waals surface area contributed by atoms with Crippen molar-refractivity contribution in [2.45, 2.75) is 25.8 Å². The van der Waals surface area contributed by atoms with E-state index in [2.05, 4.69) is 17.1 Å². The van der Waals surface area contributed by atoms with Crippen LogP contribution in [0.2, 0.25) is 10.0 Å². The minimum Gasteiger partial charge on any atom is -0.319 e. The number of hydrogen-bond donors (Lipinski definition) is 1. The summed E-state index contributed by atoms with van der Waals surface area (Å²) < 4.78 is 0. The smallest absolute Gasteiger partial charge is 0.0455 e. The van der Waals surface area contributed by atoms with E-state index in [-0.39, 0.29) is 0 Å². The Morgan fingerprint density at radius 1 is 1.37 bits per heavy atom. The highest BCUT2D eigenvalue weighted by molar-refractivity contribution is 6.33. The van der Waals surface area contributed by atoms with Crippen molar-refractivity contribution in [2.75, 3.05) is 26.7 Å². The van der Waals surface area contributed by atoms with E-state index in [4.69, 9.17) is 23.2 Å². The first-order valence-corrected chi connectivity index (χ1v) is 7.76. The predicted molar refractivity (Wildman–Crippen MR) is 83.1 cm³/mol. The van der Waals surface area contributed by atoms with Crippen molar-refractivity contribution in [2.24, 2.45) is 5.92 Å². The zero-order valence-electron chi connectivity index (χ0n) is 11.6. The fourth-order valence-electron chi connectivity index (χ4n) is 3.13. The normalized spacial score (nSPS) is 24.0. The maximum atomic E-state index is 6.40. The van der Waals surface area contributed by atoms with Gasteiger partial charge in [-0.05, 0) is 69.2 Å². The van der Waals surface area contributed by atoms with Crippen LogP contribution in [0.1, 0.15) is 31.4 Å². The van der Waals surface area contributed by atoms with Gasteiger partial charge in [-0.2, -0.15) is 0 Å². The summed E-state index contributed by atoms with van der Waals surface area (Å²) in [7, 11) is 2.01. The Balaban J connectivity index is 2.31. The summed E-state index contributed by atoms with van der Waals surface area (Å²) in [4.78, 5) is 2.54. The van der Waals surface area contributed by atoms with Crippen LogP contribution in [-0.4, -0.2) is 31.6 Å². The second-order valence-corrected chi connectivity index (χ2v) is 6.10. The maximum absolute atomic E-state index is 6.40. The van der Waals surface area contributed by atoms with Gasteiger partial charge in [0, 0.05) is 16.1 Å². The average molecular weight is 301 g/mol. The molecule has 1 N–H and O–H groups in total. The van der Waals surface area contributed by atoms with Crippen LogP contribution in [0.15, 0.2) is 18.2 Å². The molecule has 2 nitrogen and oxygen atoms in total. The number of nitrogens with zero attached hydrogens (tertiary/aromatic N) is 1. The van der Waals surface area contributed by atoms with Gasteiger partial charge in [0.1, 0.15) is 0 Å². The molecule has 4 heteroatoms. The topological polar surface area (TPSA) is 15.3 Å². The molecule has 1 heterocycles. The van der Waals surface area contributed by atoms with Crippen molar-refractivity contribution >= 4 is 23.2 Å². The van der Waals surface area contributed by atoms with Gasteiger partial charge < -0.3 is 5.32 Å². The number of benzene rings is 1. The molecule has 0 amide bonds. The Bertz CT molecular complexity index is 409. The van der Waals surface area contributed by atoms with E-state index in [0.29, 0.717) is 12.0 Å². The van der Waals surface area contributed by atoms with Crippen molar-refractivity contribution in [1.29, 1.82) is 0 Å². The Morgan fingerprint density at radius 3 is 2.84 bits per heavy atom. The first kappa shape index (κ1) is 15.1. The molecular weight excluding hydrogens is 279 g/mol. The molecule has 0 spiro atoms. The molecule has 1 aliphatic heterocycles. The van der Waals surface area contributed by atoms with Crippen molar-refractivity contribution in [3.63, 3.8) is 0 Å². The zero-order valence-corrected chi connectivity index (χ0v) is 13.1. The van der Waals surface area contributed by atoms with E-state index in [1.807, 2.05) is 25.2 Å². The predicted octanol–water partition coefficient (Wildman–Crippen LogP) is 3.99. The molecule has 0 radical (unpaired) electrons. The van der Waals surface area contributed by atoms with Crippen LogP contribution in [0.4, 0.5) is 0 Å². The molecule has 1 fully saturated rings. The van der Waals surface area contributed by atoms with Gasteiger partial charge >= 0.3 is 0 Å². The SMILES string of the molecule is CCCN1CCC(CNC)C1c1cc(Cl)ccc1Cl. The lowest BCUT2D eigenvalue weighted by Gasteiger charge is -2.29. The van der Waals surface area contributed by atoms with Crippen LogP contribution < -0.4 is 5.32 Å². The second-order valence-electron chi connectivity index (χ2n) is 5.25. The highest BCUT2D eigenvalue weighted by atomic mass is 35.5. The summed E-state index contributed by atoms with van der Waals surface area (Å²) in [6.45, 7) is 5.51. The number of halogens is 2. The third-order valence-electron chi connectivity index (χ3n) is 3.88. The number of hydrogen-bond acceptors (Lipinski definition) is 2. The van der Waals surface area contributed by atoms with Crippen molar-refractivity contribution < 1.29 is 0 Å². The van der Waals surface area contributed by atoms with Crippen molar-refractivity contribution in [1.82, 2.24) is 10.2 Å². The summed E-state index contributed by atoms with van der Waals surface area (Å²) in [6, 6.07) is 6.20. The van der Waals surface area contributed by atoms with Crippen LogP contribution in [0.3, 0.4) is 0 Å². The lowest BCUT2D eigenvalue weighted by Crippen LogP contribution is -2.30. The molecule has 0 saturated carbocycles. The van der Waals surface area contributed by atoms with Crippen molar-refractivity contribution in [3.05, 3.63) is 33.8 Å². The third kappa shape index (κ3) is 3.43. The molecule has 1 aliphatic rings. The highest BCUT2D eigenvalue weighted by Gasteiger charge is 2.35. The van der Waals surface area contributed by atoms with Gasteiger partial charge in [0.15, 0.2) is 0 Å². The van der Waals surface area contributed by atoms with E-state index in [1.165, 1.54) is 18.4 Å². The fourth-order valence-corrected chi connectivity index (χ4v) is 3.54. The number of rotatable bonds is 5. The van der Waals surface area contributed by atoms with E-state index in [1.54, 1.807) is 0 Å². The van der Waals surface area contributed by atoms with Crippen LogP contribution in [0.5, 0.6) is 0 Å². The molecule has 0 aliphatic carbocycles. The standard InChI is InChI=1S/C15H22Cl2N2/c1-3-7-19-8-6-11(10-18-2)15(19)13-9-12(16)4-5-14(13)17/h4-5,9,11,15,18H,3,6-8,10H2,1-2H3. The highest BCUT2D eigenvalue weighted by Crippen LogP contribution is 2.40. The van der Waals surface area contributed by atoms with Gasteiger partial charge in [0.05, 0.1) is 0 Å². The Morgan fingerprint density at radius 2 is 2.16 bits per heavy atom. The first-order valence-electron chi connectivity index (χ1n) is 7.01. The maximum Gasteiger partial charge on any atom is 0.0455 e. The Kier molecular flexibility index (Phi) is 5.52. The monoisotopic (exact) mass is 300 g/mol. The van der Waals surface area contributed by atoms with Gasteiger partial charge in [-0.1, -0.05) is 30.1 Å². The van der Waals surface area contributed by atoms with Crippen LogP contribution >= 0.6 is 23.2 Å². The minimum absolute atomic E-state index is 0.388. The number of nitrogens with one attached hydrogen (secondary N) is 1. The van der Waals surface area contributed by atoms with Gasteiger partial charge in [0.25, 0.3) is 0 Å². The quantitative estimate of drug-likeness (QED) is 0.885. The van der Waals surface area contributed by atoms with Gasteiger partial charge in [0.2, 0.25) is 0 Å². The summed E-state index contributed by atoms with van der Waals surface area (Å²) in [5.74, 6) is 0.604. The minimum atomic E-state index is 0.388. The van der Waals surface area contributed by atoms with Crippen molar-refractivity contribution in [3.8, 4) is 0 Å². The van der Waals surface area contributed by atoms with E-state index < -0.39 is 0 Å². The summed E-state index contributed by atoms with van der Waals surface area (Å²) in [5.41, 5.74) is 1.18. The van der Waals surface area contributed by atoms with E-state index >= 15 is 0 Å². The summed E-state index contributed by atoms with van der Waals surface area (Å²) in [5, 5.41) is 4.90. The zero-order chi connectivity index (χ0) is 13.8. The van der Waals surface area contributed by atoms with Crippen LogP contribution in [0, 0.1) is 5.92 Å². The lowest BCUT2D eigenvalue weighted by atomic mass is 9.93. The van der Waals surface area contributed by atoms with E-state index in [9.17, 15) is 0 Å². The Labute approximate surface area is 126 Å². The summed E-state index contributed by atoms with van der Waals surface area (Å²) in [6.07, 6.45) is 2.38. The fraction of sp³-hybridized carbons (Fsp3) is 0.600.